The van der Waals surface area contributed by atoms with Crippen molar-refractivity contribution in [2.75, 3.05) is 31.1 Å². The Morgan fingerprint density at radius 3 is 2.36 bits per heavy atom. The number of hydrogen-bond donors (Lipinski definition) is 1. The molecule has 146 valence electrons. The third kappa shape index (κ3) is 3.69. The second-order valence-corrected chi connectivity index (χ2v) is 7.36. The van der Waals surface area contributed by atoms with Crippen LogP contribution in [0.25, 0.3) is 0 Å². The molecule has 0 radical (unpaired) electrons. The van der Waals surface area contributed by atoms with Crippen LogP contribution in [0.5, 0.6) is 0 Å². The van der Waals surface area contributed by atoms with Gasteiger partial charge in [-0.2, -0.15) is 0 Å². The standard InChI is InChI=1S/C21H23FN4O2/c22-17-6-4-16(5-7-17)15-24-19(27)21(8-9-21)20(28)26-13-11-25(12-14-26)18-3-1-2-10-23-18/h1-7,10H,8-9,11-15H2,(H,24,27). The van der Waals surface area contributed by atoms with Gasteiger partial charge in [-0.25, -0.2) is 9.37 Å². The molecule has 0 unspecified atom stereocenters. The number of piperazine rings is 1. The number of nitrogens with one attached hydrogen (secondary N) is 1. The Hall–Kier alpha value is -2.96. The van der Waals surface area contributed by atoms with Gasteiger partial charge < -0.3 is 15.1 Å². The van der Waals surface area contributed by atoms with Gasteiger partial charge in [0.25, 0.3) is 0 Å². The molecule has 6 nitrogen and oxygen atoms in total. The maximum absolute atomic E-state index is 13.0. The molecule has 1 aliphatic carbocycles. The van der Waals surface area contributed by atoms with Gasteiger partial charge in [-0.05, 0) is 42.7 Å². The zero-order valence-electron chi connectivity index (χ0n) is 15.6. The van der Waals surface area contributed by atoms with E-state index in [0.29, 0.717) is 45.6 Å². The number of anilines is 1. The molecule has 2 amide bonds. The summed E-state index contributed by atoms with van der Waals surface area (Å²) in [6.45, 7) is 2.87. The van der Waals surface area contributed by atoms with Gasteiger partial charge in [0.15, 0.2) is 0 Å². The normalized spacial score (nSPS) is 17.9. The van der Waals surface area contributed by atoms with Crippen molar-refractivity contribution in [3.8, 4) is 0 Å². The van der Waals surface area contributed by atoms with E-state index in [1.807, 2.05) is 18.2 Å². The van der Waals surface area contributed by atoms with E-state index < -0.39 is 5.41 Å². The maximum Gasteiger partial charge on any atom is 0.238 e. The molecule has 4 rings (SSSR count). The van der Waals surface area contributed by atoms with Crippen molar-refractivity contribution in [2.45, 2.75) is 19.4 Å². The molecule has 1 aromatic carbocycles. The van der Waals surface area contributed by atoms with Crippen LogP contribution in [0.4, 0.5) is 10.2 Å². The lowest BCUT2D eigenvalue weighted by Crippen LogP contribution is -2.53. The summed E-state index contributed by atoms with van der Waals surface area (Å²) in [6.07, 6.45) is 2.93. The molecule has 1 aliphatic heterocycles. The molecule has 2 aromatic rings. The molecule has 2 fully saturated rings. The zero-order chi connectivity index (χ0) is 19.6. The first-order chi connectivity index (χ1) is 13.6. The summed E-state index contributed by atoms with van der Waals surface area (Å²) in [5.41, 5.74) is -0.116. The predicted molar refractivity (Wildman–Crippen MR) is 103 cm³/mol. The average molecular weight is 382 g/mol. The SMILES string of the molecule is O=C(NCc1ccc(F)cc1)C1(C(=O)N2CCN(c3ccccn3)CC2)CC1. The third-order valence-corrected chi connectivity index (χ3v) is 5.50. The second kappa shape index (κ2) is 7.58. The van der Waals surface area contributed by atoms with Crippen LogP contribution in [-0.4, -0.2) is 47.9 Å². The molecule has 28 heavy (non-hydrogen) atoms. The molecule has 0 spiro atoms. The van der Waals surface area contributed by atoms with Crippen LogP contribution >= 0.6 is 0 Å². The van der Waals surface area contributed by atoms with Gasteiger partial charge in [0, 0.05) is 38.9 Å². The Kier molecular flexibility index (Phi) is 4.98. The van der Waals surface area contributed by atoms with Crippen molar-refractivity contribution in [1.82, 2.24) is 15.2 Å². The van der Waals surface area contributed by atoms with Crippen molar-refractivity contribution < 1.29 is 14.0 Å². The van der Waals surface area contributed by atoms with E-state index in [1.54, 1.807) is 23.2 Å². The van der Waals surface area contributed by atoms with E-state index in [0.717, 1.165) is 11.4 Å². The number of nitrogens with zero attached hydrogens (tertiary/aromatic N) is 3. The summed E-state index contributed by atoms with van der Waals surface area (Å²) in [5, 5.41) is 2.85. The van der Waals surface area contributed by atoms with Gasteiger partial charge in [0.1, 0.15) is 17.1 Å². The molecule has 2 heterocycles. The fourth-order valence-corrected chi connectivity index (χ4v) is 3.60. The highest BCUT2D eigenvalue weighted by Gasteiger charge is 2.58. The Balaban J connectivity index is 1.32. The van der Waals surface area contributed by atoms with E-state index >= 15 is 0 Å². The van der Waals surface area contributed by atoms with Gasteiger partial charge in [0.2, 0.25) is 11.8 Å². The number of amides is 2. The van der Waals surface area contributed by atoms with Crippen LogP contribution in [0.3, 0.4) is 0 Å². The molecule has 0 atom stereocenters. The van der Waals surface area contributed by atoms with Crippen LogP contribution in [0, 0.1) is 11.2 Å². The number of carbonyl (C=O) groups excluding carboxylic acids is 2. The molecule has 1 N–H and O–H groups in total. The van der Waals surface area contributed by atoms with Crippen LogP contribution in [0.15, 0.2) is 48.7 Å². The second-order valence-electron chi connectivity index (χ2n) is 7.36. The number of carbonyl (C=O) groups is 2. The van der Waals surface area contributed by atoms with E-state index in [2.05, 4.69) is 15.2 Å². The molecular formula is C21H23FN4O2. The maximum atomic E-state index is 13.0. The first-order valence-electron chi connectivity index (χ1n) is 9.57. The van der Waals surface area contributed by atoms with Crippen LogP contribution in [-0.2, 0) is 16.1 Å². The summed E-state index contributed by atoms with van der Waals surface area (Å²) in [7, 11) is 0. The Morgan fingerprint density at radius 2 is 1.75 bits per heavy atom. The Labute approximate surface area is 163 Å². The fraction of sp³-hybridized carbons (Fsp3) is 0.381. The highest BCUT2D eigenvalue weighted by atomic mass is 19.1. The number of halogens is 1. The van der Waals surface area contributed by atoms with Gasteiger partial charge in [0.05, 0.1) is 0 Å². The van der Waals surface area contributed by atoms with Gasteiger partial charge in [-0.3, -0.25) is 9.59 Å². The lowest BCUT2D eigenvalue weighted by atomic mass is 10.0. The lowest BCUT2D eigenvalue weighted by molar-refractivity contribution is -0.144. The Bertz CT molecular complexity index is 844. The molecule has 1 saturated heterocycles. The van der Waals surface area contributed by atoms with Gasteiger partial charge in [-0.15, -0.1) is 0 Å². The van der Waals surface area contributed by atoms with Crippen LogP contribution in [0.2, 0.25) is 0 Å². The number of rotatable bonds is 5. The van der Waals surface area contributed by atoms with Gasteiger partial charge in [-0.1, -0.05) is 18.2 Å². The predicted octanol–water partition coefficient (Wildman–Crippen LogP) is 1.97. The van der Waals surface area contributed by atoms with Crippen molar-refractivity contribution >= 4 is 17.6 Å². The van der Waals surface area contributed by atoms with E-state index in [1.165, 1.54) is 12.1 Å². The lowest BCUT2D eigenvalue weighted by Gasteiger charge is -2.36. The van der Waals surface area contributed by atoms with Crippen molar-refractivity contribution in [3.63, 3.8) is 0 Å². The number of aromatic nitrogens is 1. The van der Waals surface area contributed by atoms with Gasteiger partial charge >= 0.3 is 0 Å². The number of pyridine rings is 1. The summed E-state index contributed by atoms with van der Waals surface area (Å²) in [6, 6.07) is 11.8. The summed E-state index contributed by atoms with van der Waals surface area (Å²) in [4.78, 5) is 34.0. The third-order valence-electron chi connectivity index (χ3n) is 5.50. The first-order valence-corrected chi connectivity index (χ1v) is 9.57. The van der Waals surface area contributed by atoms with Crippen LogP contribution in [0.1, 0.15) is 18.4 Å². The van der Waals surface area contributed by atoms with E-state index in [4.69, 9.17) is 0 Å². The molecule has 0 bridgehead atoms. The summed E-state index contributed by atoms with van der Waals surface area (Å²) in [5.74, 6) is 0.292. The van der Waals surface area contributed by atoms with Crippen molar-refractivity contribution in [2.24, 2.45) is 5.41 Å². The smallest absolute Gasteiger partial charge is 0.238 e. The van der Waals surface area contributed by atoms with E-state index in [9.17, 15) is 14.0 Å². The molecule has 1 aromatic heterocycles. The largest absolute Gasteiger partial charge is 0.353 e. The minimum atomic E-state index is -0.923. The number of hydrogen-bond acceptors (Lipinski definition) is 4. The summed E-state index contributed by atoms with van der Waals surface area (Å²) < 4.78 is 13.0. The van der Waals surface area contributed by atoms with Crippen molar-refractivity contribution in [3.05, 3.63) is 60.0 Å². The first kappa shape index (κ1) is 18.4. The quantitative estimate of drug-likeness (QED) is 0.803. The zero-order valence-corrected chi connectivity index (χ0v) is 15.6. The molecule has 2 aliphatic rings. The fourth-order valence-electron chi connectivity index (χ4n) is 3.60. The Morgan fingerprint density at radius 1 is 1.04 bits per heavy atom. The summed E-state index contributed by atoms with van der Waals surface area (Å²) >= 11 is 0. The molecule has 1 saturated carbocycles. The van der Waals surface area contributed by atoms with Crippen LogP contribution < -0.4 is 10.2 Å². The van der Waals surface area contributed by atoms with Crippen molar-refractivity contribution in [1.29, 1.82) is 0 Å². The highest BCUT2D eigenvalue weighted by molar-refractivity contribution is 6.07. The minimum absolute atomic E-state index is 0.0789. The molecular weight excluding hydrogens is 359 g/mol. The monoisotopic (exact) mass is 382 g/mol. The number of benzene rings is 1. The topological polar surface area (TPSA) is 65.5 Å². The average Bonchev–Trinajstić information content (AvgIpc) is 3.55. The highest BCUT2D eigenvalue weighted by Crippen LogP contribution is 2.47. The molecule has 7 heteroatoms. The van der Waals surface area contributed by atoms with E-state index in [-0.39, 0.29) is 17.6 Å². The minimum Gasteiger partial charge on any atom is -0.353 e.